The van der Waals surface area contributed by atoms with Gasteiger partial charge in [0, 0.05) is 0 Å². The van der Waals surface area contributed by atoms with Crippen molar-refractivity contribution in [2.75, 3.05) is 6.61 Å². The van der Waals surface area contributed by atoms with E-state index in [1.54, 1.807) is 0 Å². The average Bonchev–Trinajstić information content (AvgIpc) is 2.89. The SMILES string of the molecule is CC(OCC(=O)O)c1ccc(OC2CCCC2)cc1. The Labute approximate surface area is 113 Å². The molecule has 1 fully saturated rings. The third-order valence-electron chi connectivity index (χ3n) is 3.41. The summed E-state index contributed by atoms with van der Waals surface area (Å²) in [4.78, 5) is 10.4. The fourth-order valence-electron chi connectivity index (χ4n) is 2.31. The number of ether oxygens (including phenoxy) is 2. The summed E-state index contributed by atoms with van der Waals surface area (Å²) in [6.07, 6.45) is 4.91. The molecule has 2 rings (SSSR count). The highest BCUT2D eigenvalue weighted by atomic mass is 16.5. The van der Waals surface area contributed by atoms with Crippen molar-refractivity contribution in [2.45, 2.75) is 44.8 Å². The molecule has 0 heterocycles. The average molecular weight is 264 g/mol. The third kappa shape index (κ3) is 4.24. The lowest BCUT2D eigenvalue weighted by atomic mass is 10.1. The molecule has 1 atom stereocenters. The van der Waals surface area contributed by atoms with Crippen molar-refractivity contribution in [3.63, 3.8) is 0 Å². The smallest absolute Gasteiger partial charge is 0.329 e. The van der Waals surface area contributed by atoms with E-state index in [2.05, 4.69) is 0 Å². The molecule has 1 saturated carbocycles. The van der Waals surface area contributed by atoms with Crippen molar-refractivity contribution in [1.82, 2.24) is 0 Å². The molecule has 4 nitrogen and oxygen atoms in total. The molecule has 1 N–H and O–H groups in total. The topological polar surface area (TPSA) is 55.8 Å². The molecule has 0 saturated heterocycles. The summed E-state index contributed by atoms with van der Waals surface area (Å²) >= 11 is 0. The van der Waals surface area contributed by atoms with Crippen LogP contribution in [-0.4, -0.2) is 23.8 Å². The molecule has 4 heteroatoms. The van der Waals surface area contributed by atoms with E-state index in [0.717, 1.165) is 24.2 Å². The molecule has 1 aromatic rings. The van der Waals surface area contributed by atoms with Gasteiger partial charge in [-0.05, 0) is 50.3 Å². The number of carbonyl (C=O) groups is 1. The minimum absolute atomic E-state index is 0.225. The first-order chi connectivity index (χ1) is 9.15. The fraction of sp³-hybridized carbons (Fsp3) is 0.533. The second-order valence-electron chi connectivity index (χ2n) is 4.94. The van der Waals surface area contributed by atoms with Crippen LogP contribution in [0.4, 0.5) is 0 Å². The van der Waals surface area contributed by atoms with E-state index in [1.165, 1.54) is 12.8 Å². The van der Waals surface area contributed by atoms with Crippen LogP contribution in [0.1, 0.15) is 44.3 Å². The molecule has 104 valence electrons. The molecule has 0 aliphatic heterocycles. The summed E-state index contributed by atoms with van der Waals surface area (Å²) in [5, 5.41) is 8.57. The molecule has 1 unspecified atom stereocenters. The zero-order valence-electron chi connectivity index (χ0n) is 11.2. The molecule has 0 bridgehead atoms. The largest absolute Gasteiger partial charge is 0.490 e. The van der Waals surface area contributed by atoms with Gasteiger partial charge in [0.1, 0.15) is 12.4 Å². The van der Waals surface area contributed by atoms with Gasteiger partial charge in [0.25, 0.3) is 0 Å². The minimum atomic E-state index is -0.951. The van der Waals surface area contributed by atoms with Crippen LogP contribution in [-0.2, 0) is 9.53 Å². The van der Waals surface area contributed by atoms with Crippen molar-refractivity contribution in [2.24, 2.45) is 0 Å². The van der Waals surface area contributed by atoms with Gasteiger partial charge in [-0.3, -0.25) is 0 Å². The highest BCUT2D eigenvalue weighted by Crippen LogP contribution is 2.25. The van der Waals surface area contributed by atoms with Crippen molar-refractivity contribution in [3.05, 3.63) is 29.8 Å². The Morgan fingerprint density at radius 3 is 2.53 bits per heavy atom. The fourth-order valence-corrected chi connectivity index (χ4v) is 2.31. The van der Waals surface area contributed by atoms with Crippen molar-refractivity contribution in [1.29, 1.82) is 0 Å². The van der Waals surface area contributed by atoms with Crippen LogP contribution in [0.25, 0.3) is 0 Å². The number of carboxylic acid groups (broad SMARTS) is 1. The van der Waals surface area contributed by atoms with Crippen LogP contribution in [0.3, 0.4) is 0 Å². The van der Waals surface area contributed by atoms with E-state index in [4.69, 9.17) is 14.6 Å². The Morgan fingerprint density at radius 1 is 1.32 bits per heavy atom. The van der Waals surface area contributed by atoms with Crippen LogP contribution in [0, 0.1) is 0 Å². The first-order valence-corrected chi connectivity index (χ1v) is 6.75. The Morgan fingerprint density at radius 2 is 1.95 bits per heavy atom. The molecular formula is C15H20O4. The standard InChI is InChI=1S/C15H20O4/c1-11(18-10-15(16)17)12-6-8-14(9-7-12)19-13-4-2-3-5-13/h6-9,11,13H,2-5,10H2,1H3,(H,16,17). The number of carboxylic acids is 1. The highest BCUT2D eigenvalue weighted by molar-refractivity contribution is 5.68. The van der Waals surface area contributed by atoms with Crippen molar-refractivity contribution < 1.29 is 19.4 Å². The second-order valence-corrected chi connectivity index (χ2v) is 4.94. The van der Waals surface area contributed by atoms with Crippen molar-refractivity contribution >= 4 is 5.97 Å². The van der Waals surface area contributed by atoms with Crippen LogP contribution in [0.15, 0.2) is 24.3 Å². The molecule has 0 spiro atoms. The normalized spacial score (nSPS) is 17.3. The molecule has 0 amide bonds. The van der Waals surface area contributed by atoms with Gasteiger partial charge in [-0.25, -0.2) is 4.79 Å². The van der Waals surface area contributed by atoms with E-state index in [9.17, 15) is 4.79 Å². The van der Waals surface area contributed by atoms with Gasteiger partial charge < -0.3 is 14.6 Å². The summed E-state index contributed by atoms with van der Waals surface area (Å²) in [6.45, 7) is 1.57. The summed E-state index contributed by atoms with van der Waals surface area (Å²) < 4.78 is 11.1. The minimum Gasteiger partial charge on any atom is -0.490 e. The van der Waals surface area contributed by atoms with E-state index in [0.29, 0.717) is 6.10 Å². The summed E-state index contributed by atoms with van der Waals surface area (Å²) in [7, 11) is 0. The van der Waals surface area contributed by atoms with E-state index in [-0.39, 0.29) is 12.7 Å². The Hall–Kier alpha value is -1.55. The first kappa shape index (κ1) is 13.9. The van der Waals surface area contributed by atoms with Crippen LogP contribution in [0.5, 0.6) is 5.75 Å². The molecular weight excluding hydrogens is 244 g/mol. The maximum Gasteiger partial charge on any atom is 0.329 e. The van der Waals surface area contributed by atoms with Crippen LogP contribution >= 0.6 is 0 Å². The predicted octanol–water partition coefficient (Wildman–Crippen LogP) is 3.17. The molecule has 19 heavy (non-hydrogen) atoms. The lowest BCUT2D eigenvalue weighted by molar-refractivity contribution is -0.144. The number of rotatable bonds is 6. The summed E-state index contributed by atoms with van der Waals surface area (Å²) in [5.74, 6) is -0.0749. The maximum absolute atomic E-state index is 10.4. The van der Waals surface area contributed by atoms with Crippen LogP contribution in [0.2, 0.25) is 0 Å². The Bertz CT molecular complexity index is 407. The van der Waals surface area contributed by atoms with Gasteiger partial charge in [0.05, 0.1) is 12.2 Å². The lowest BCUT2D eigenvalue weighted by Gasteiger charge is -2.15. The van der Waals surface area contributed by atoms with Gasteiger partial charge in [-0.2, -0.15) is 0 Å². The lowest BCUT2D eigenvalue weighted by Crippen LogP contribution is -2.11. The third-order valence-corrected chi connectivity index (χ3v) is 3.41. The molecule has 1 aliphatic carbocycles. The van der Waals surface area contributed by atoms with Gasteiger partial charge in [0.2, 0.25) is 0 Å². The molecule has 1 aliphatic rings. The number of aliphatic carboxylic acids is 1. The Kier molecular flexibility index (Phi) is 4.80. The maximum atomic E-state index is 10.4. The second kappa shape index (κ2) is 6.57. The Balaban J connectivity index is 1.87. The number of hydrogen-bond acceptors (Lipinski definition) is 3. The number of benzene rings is 1. The van der Waals surface area contributed by atoms with Gasteiger partial charge in [0.15, 0.2) is 0 Å². The van der Waals surface area contributed by atoms with Crippen LogP contribution < -0.4 is 4.74 Å². The molecule has 0 radical (unpaired) electrons. The van der Waals surface area contributed by atoms with Crippen molar-refractivity contribution in [3.8, 4) is 5.75 Å². The highest BCUT2D eigenvalue weighted by Gasteiger charge is 2.16. The van der Waals surface area contributed by atoms with E-state index in [1.807, 2.05) is 31.2 Å². The molecule has 0 aromatic heterocycles. The zero-order valence-corrected chi connectivity index (χ0v) is 11.2. The first-order valence-electron chi connectivity index (χ1n) is 6.75. The van der Waals surface area contributed by atoms with Gasteiger partial charge in [-0.1, -0.05) is 12.1 Å². The molecule has 1 aromatic carbocycles. The van der Waals surface area contributed by atoms with Gasteiger partial charge >= 0.3 is 5.97 Å². The quantitative estimate of drug-likeness (QED) is 0.857. The van der Waals surface area contributed by atoms with Gasteiger partial charge in [-0.15, -0.1) is 0 Å². The van der Waals surface area contributed by atoms with E-state index >= 15 is 0 Å². The van der Waals surface area contributed by atoms with E-state index < -0.39 is 5.97 Å². The monoisotopic (exact) mass is 264 g/mol. The zero-order chi connectivity index (χ0) is 13.7. The predicted molar refractivity (Wildman–Crippen MR) is 71.3 cm³/mol. The summed E-state index contributed by atoms with van der Waals surface area (Å²) in [5.41, 5.74) is 0.958. The summed E-state index contributed by atoms with van der Waals surface area (Å²) in [6, 6.07) is 7.70. The number of hydrogen-bond donors (Lipinski definition) is 1.